The van der Waals surface area contributed by atoms with Crippen LogP contribution in [0.25, 0.3) is 38.7 Å². The highest BCUT2D eigenvalue weighted by Gasteiger charge is 2.44. The van der Waals surface area contributed by atoms with Crippen LogP contribution in [0.2, 0.25) is 0 Å². The van der Waals surface area contributed by atoms with E-state index in [1.165, 1.54) is 46.1 Å². The van der Waals surface area contributed by atoms with Crippen molar-refractivity contribution in [1.29, 1.82) is 0 Å². The minimum Gasteiger partial charge on any atom is -0.507 e. The largest absolute Gasteiger partial charge is 0.507 e. The van der Waals surface area contributed by atoms with Crippen molar-refractivity contribution in [1.82, 2.24) is 9.88 Å². The summed E-state index contributed by atoms with van der Waals surface area (Å²) in [5, 5.41) is 49.4. The van der Waals surface area contributed by atoms with Gasteiger partial charge in [0.2, 0.25) is 10.9 Å². The second-order valence-corrected chi connectivity index (χ2v) is 22.5. The second kappa shape index (κ2) is 24.1. The van der Waals surface area contributed by atoms with E-state index in [4.69, 9.17) is 28.3 Å². The number of amides is 1. The number of anilines is 2. The predicted octanol–water partition coefficient (Wildman–Crippen LogP) is 6.22. The third-order valence-corrected chi connectivity index (χ3v) is 16.2. The average molecular weight is 1110 g/mol. The van der Waals surface area contributed by atoms with E-state index in [-0.39, 0.29) is 86.2 Å². The normalized spacial score (nSPS) is 26.8. The molecule has 1 fully saturated rings. The number of phenols is 1. The molecule has 5 bridgehead atoms. The predicted molar refractivity (Wildman–Crippen MR) is 301 cm³/mol. The molecule has 20 nitrogen and oxygen atoms in total. The van der Waals surface area contributed by atoms with Crippen molar-refractivity contribution in [3.63, 3.8) is 0 Å². The number of fused-ring (bicyclic) bond motifs is 5. The number of piperazine rings is 1. The Morgan fingerprint density at radius 2 is 1.61 bits per heavy atom. The Bertz CT molecular complexity index is 3380. The van der Waals surface area contributed by atoms with Crippen LogP contribution < -0.4 is 31.0 Å². The summed E-state index contributed by atoms with van der Waals surface area (Å²) in [6.45, 7) is 25.1. The molecule has 7 rings (SSSR count). The number of nitrogens with zero attached hydrogens (tertiary/aromatic N) is 3. The van der Waals surface area contributed by atoms with Crippen LogP contribution in [0.1, 0.15) is 87.6 Å². The number of aldehydes is 2. The zero-order valence-electron chi connectivity index (χ0n) is 47.3. The maximum Gasteiger partial charge on any atom is 0.307 e. The number of phenolic OH excluding ortho intramolecular Hbond substituents is 1. The Morgan fingerprint density at radius 1 is 0.938 bits per heavy atom. The van der Waals surface area contributed by atoms with Gasteiger partial charge in [0.25, 0.3) is 5.91 Å². The number of hydrogen-bond donors (Lipinski definition) is 5. The van der Waals surface area contributed by atoms with Crippen LogP contribution in [0.3, 0.4) is 0 Å². The molecule has 0 aliphatic carbocycles. The first kappa shape index (κ1) is 60.2. The number of Topliss-reactive ketones (excluding diaryl/α,β-unsaturated/α-hetero) is 1. The lowest BCUT2D eigenvalue weighted by molar-refractivity contribution is -0.158. The fourth-order valence-corrected chi connectivity index (χ4v) is 10.7. The van der Waals surface area contributed by atoms with Crippen LogP contribution >= 0.6 is 0 Å². The molecule has 430 valence electrons. The molecule has 3 aliphatic heterocycles. The lowest BCUT2D eigenvalue weighted by Crippen LogP contribution is -2.47. The van der Waals surface area contributed by atoms with Gasteiger partial charge in [0.15, 0.2) is 22.4 Å². The Kier molecular flexibility index (Phi) is 18.2. The summed E-state index contributed by atoms with van der Waals surface area (Å²) >= 11 is 0. The van der Waals surface area contributed by atoms with Crippen molar-refractivity contribution < 1.29 is 67.8 Å². The van der Waals surface area contributed by atoms with Crippen molar-refractivity contribution in [2.75, 3.05) is 49.5 Å². The highest BCUT2D eigenvalue weighted by Crippen LogP contribution is 2.43. The maximum absolute atomic E-state index is 15.0. The number of ether oxygens (including phenoxy) is 4. The van der Waals surface area contributed by atoms with Crippen molar-refractivity contribution in [3.05, 3.63) is 91.8 Å². The molecule has 1 saturated heterocycles. The fraction of sp³-hybridized carbons (Fsp3) is 0.500. The SMILES string of the molecule is C=C(OCCN1CCN(c2cc(=O)c3nc4c(oc3c2)c2c(=O)c3c(O)c(C)c5c(c34)=C(O)[C@@](C)(O/C=C/[C@H](C)[C@@H](C)[C@@H](OC(C)=O)[C@H](C)[C@H](O)[C@H](C)[C@@H](O)[C@@H](C)/C=C/C=C(/C)C(=O)N2)O5)CC1)C(C)(C)CC(=O)CC(C=O)C=O. The van der Waals surface area contributed by atoms with Crippen LogP contribution in [-0.2, 0) is 38.2 Å². The summed E-state index contributed by atoms with van der Waals surface area (Å²) < 4.78 is 30.8. The zero-order chi connectivity index (χ0) is 58.9. The minimum absolute atomic E-state index is 0.0304. The summed E-state index contributed by atoms with van der Waals surface area (Å²) in [7, 11) is 0. The number of aromatic nitrogens is 1. The number of aliphatic hydroxyl groups is 3. The number of nitrogens with one attached hydrogen (secondary N) is 1. The van der Waals surface area contributed by atoms with Gasteiger partial charge < -0.3 is 63.6 Å². The Balaban J connectivity index is 1.27. The summed E-state index contributed by atoms with van der Waals surface area (Å²) in [6, 6.07) is 3.03. The molecule has 0 spiro atoms. The van der Waals surface area contributed by atoms with Crippen molar-refractivity contribution in [2.45, 2.75) is 113 Å². The number of carbonyl (C=O) groups is 5. The number of benzene rings is 3. The molecular formula is C60H74N4O16. The highest BCUT2D eigenvalue weighted by atomic mass is 16.7. The third kappa shape index (κ3) is 12.2. The van der Waals surface area contributed by atoms with Crippen molar-refractivity contribution >= 4 is 80.3 Å². The van der Waals surface area contributed by atoms with Crippen LogP contribution in [0.4, 0.5) is 11.4 Å². The maximum atomic E-state index is 15.0. The first-order chi connectivity index (χ1) is 37.6. The van der Waals surface area contributed by atoms with Crippen LogP contribution in [0.5, 0.6) is 11.5 Å². The molecular weight excluding hydrogens is 1030 g/mol. The summed E-state index contributed by atoms with van der Waals surface area (Å²) in [6.07, 6.45) is 5.44. The molecule has 0 unspecified atom stereocenters. The van der Waals surface area contributed by atoms with Gasteiger partial charge in [-0.2, -0.15) is 0 Å². The first-order valence-corrected chi connectivity index (χ1v) is 27.0. The Hall–Kier alpha value is -7.42. The average Bonchev–Trinajstić information content (AvgIpc) is 3.93. The summed E-state index contributed by atoms with van der Waals surface area (Å²) in [5.74, 6) is -7.95. The van der Waals surface area contributed by atoms with Gasteiger partial charge >= 0.3 is 11.8 Å². The van der Waals surface area contributed by atoms with Gasteiger partial charge in [0.1, 0.15) is 53.8 Å². The monoisotopic (exact) mass is 1110 g/mol. The number of rotatable bonds is 13. The molecule has 5 N–H and O–H groups in total. The van der Waals surface area contributed by atoms with E-state index >= 15 is 4.79 Å². The van der Waals surface area contributed by atoms with Gasteiger partial charge in [-0.1, -0.05) is 73.3 Å². The van der Waals surface area contributed by atoms with Crippen LogP contribution in [0.15, 0.2) is 74.6 Å². The lowest BCUT2D eigenvalue weighted by atomic mass is 9.77. The zero-order valence-corrected chi connectivity index (χ0v) is 47.3. The standard InChI is InChI=1S/C60H74N4O16/c1-30-16-22-77-60(12)57(74)46-44-45(52(72)36(7)55(46)80-60)53(73)49(62-58(75)32(3)15-13-14-31(2)50(70)34(5)51(71)35(6)54(33(30)4)78-38(9)67)56-48(44)61-47-42(69)25-40(26-43(47)79-56)64-19-17-63(18-20-64)21-23-76-37(8)59(10,11)27-41(68)24-39(28-65)29-66/h13-16,22,25-26,28-31,33-35,39,50-51,54,70-72,74H,8,17-21,23-24,27H2,1-7,9-12H3,(H,62,75)/b14-13+,22-16+,32-15-/t30-,31-,33+,34+,35+,50-,51+,54+,60-/m0/s1. The lowest BCUT2D eigenvalue weighted by Gasteiger charge is -2.37. The third-order valence-electron chi connectivity index (χ3n) is 16.2. The van der Waals surface area contributed by atoms with Gasteiger partial charge in [0, 0.05) is 117 Å². The van der Waals surface area contributed by atoms with E-state index in [1.807, 2.05) is 18.7 Å². The van der Waals surface area contributed by atoms with Crippen molar-refractivity contribution in [3.8, 4) is 11.5 Å². The smallest absolute Gasteiger partial charge is 0.307 e. The van der Waals surface area contributed by atoms with Crippen molar-refractivity contribution in [2.24, 2.45) is 40.9 Å². The number of ketones is 1. The second-order valence-electron chi connectivity index (χ2n) is 22.5. The topological polar surface area (TPSA) is 282 Å². The molecule has 3 aromatic carbocycles. The molecule has 0 saturated carbocycles. The fourth-order valence-electron chi connectivity index (χ4n) is 10.7. The molecule has 3 aliphatic rings. The number of allylic oxidation sites excluding steroid dienone is 4. The van der Waals surface area contributed by atoms with E-state index in [9.17, 15) is 49.2 Å². The van der Waals surface area contributed by atoms with Gasteiger partial charge in [-0.15, -0.1) is 0 Å². The number of hydrogen-bond acceptors (Lipinski definition) is 19. The number of carbonyl (C=O) groups excluding carboxylic acids is 5. The molecule has 0 radical (unpaired) electrons. The molecule has 9 atom stereocenters. The van der Waals surface area contributed by atoms with Crippen LogP contribution in [0, 0.1) is 47.8 Å². The van der Waals surface area contributed by atoms with E-state index in [2.05, 4.69) is 16.8 Å². The number of aliphatic hydroxyl groups excluding tert-OH is 3. The minimum atomic E-state index is -1.97. The molecule has 20 heteroatoms. The molecule has 4 aromatic rings. The van der Waals surface area contributed by atoms with E-state index < -0.39 is 99.0 Å². The highest BCUT2D eigenvalue weighted by molar-refractivity contribution is 6.17. The Morgan fingerprint density at radius 3 is 2.26 bits per heavy atom. The molecule has 4 heterocycles. The van der Waals surface area contributed by atoms with Gasteiger partial charge in [-0.3, -0.25) is 28.9 Å². The number of esters is 1. The van der Waals surface area contributed by atoms with E-state index in [0.717, 1.165) is 0 Å². The number of aromatic hydroxyl groups is 1. The summed E-state index contributed by atoms with van der Waals surface area (Å²) in [5.41, 5.74) is -2.59. The summed E-state index contributed by atoms with van der Waals surface area (Å²) in [4.78, 5) is 99.5. The van der Waals surface area contributed by atoms with E-state index in [1.54, 1.807) is 58.9 Å². The Labute approximate surface area is 463 Å². The van der Waals surface area contributed by atoms with E-state index in [0.29, 0.717) is 56.7 Å². The molecule has 1 amide bonds. The van der Waals surface area contributed by atoms with Gasteiger partial charge in [-0.05, 0) is 31.8 Å². The quantitative estimate of drug-likeness (QED) is 0.0248. The van der Waals surface area contributed by atoms with Gasteiger partial charge in [-0.25, -0.2) is 4.98 Å². The van der Waals surface area contributed by atoms with Gasteiger partial charge in [0.05, 0.1) is 40.8 Å². The molecule has 80 heavy (non-hydrogen) atoms. The first-order valence-electron chi connectivity index (χ1n) is 27.0. The van der Waals surface area contributed by atoms with Crippen LogP contribution in [-0.4, -0.2) is 124 Å². The molecule has 1 aromatic heterocycles.